The first-order chi connectivity index (χ1) is 20.5. The number of amides is 5. The highest BCUT2D eigenvalue weighted by Crippen LogP contribution is 2.21. The Kier molecular flexibility index (Phi) is 14.8. The zero-order valence-corrected chi connectivity index (χ0v) is 26.4. The molecule has 0 aliphatic rings. The van der Waals surface area contributed by atoms with E-state index in [4.69, 9.17) is 26.4 Å². The number of anilines is 1. The van der Waals surface area contributed by atoms with E-state index in [1.54, 1.807) is 39.8 Å². The Bertz CT molecular complexity index is 1470. The normalized spacial score (nSPS) is 12.1. The number of hydrogen-bond acceptors (Lipinski definition) is 9. The predicted octanol–water partition coefficient (Wildman–Crippen LogP) is 0.275. The number of aliphatic imine (C=N–C) groups is 1. The second-order valence-corrected chi connectivity index (χ2v) is 10.9. The largest absolute Gasteiger partial charge is 0.444 e. The van der Waals surface area contributed by atoms with Crippen molar-refractivity contribution < 1.29 is 33.1 Å². The van der Waals surface area contributed by atoms with Crippen LogP contribution in [0.15, 0.2) is 38.5 Å². The summed E-state index contributed by atoms with van der Waals surface area (Å²) >= 11 is 0. The third kappa shape index (κ3) is 14.0. The lowest BCUT2D eigenvalue weighted by molar-refractivity contribution is -0.129. The second kappa shape index (κ2) is 17.4. The molecule has 0 aliphatic carbocycles. The summed E-state index contributed by atoms with van der Waals surface area (Å²) in [4.78, 5) is 77.9. The minimum absolute atomic E-state index is 0. The molecule has 2 aromatic rings. The van der Waals surface area contributed by atoms with Gasteiger partial charge in [-0.25, -0.2) is 9.59 Å². The Morgan fingerprint density at radius 1 is 0.978 bits per heavy atom. The van der Waals surface area contributed by atoms with Crippen molar-refractivity contribution in [2.24, 2.45) is 22.2 Å². The number of fused-ring (bicyclic) bond motifs is 1. The number of nitrogens with two attached hydrogens (primary N) is 3. The van der Waals surface area contributed by atoms with Crippen LogP contribution in [0, 0.1) is 6.92 Å². The summed E-state index contributed by atoms with van der Waals surface area (Å²) < 4.78 is 10.4. The molecule has 0 unspecified atom stereocenters. The summed E-state index contributed by atoms with van der Waals surface area (Å²) in [5.74, 6) is -2.89. The molecule has 1 heterocycles. The maximum Gasteiger partial charge on any atom is 0.408 e. The first-order valence-corrected chi connectivity index (χ1v) is 13.8. The van der Waals surface area contributed by atoms with Crippen molar-refractivity contribution in [1.82, 2.24) is 16.0 Å². The van der Waals surface area contributed by atoms with Gasteiger partial charge in [-0.15, -0.1) is 12.4 Å². The summed E-state index contributed by atoms with van der Waals surface area (Å²) in [5, 5.41) is 10.7. The quantitative estimate of drug-likeness (QED) is 0.0634. The van der Waals surface area contributed by atoms with E-state index in [2.05, 4.69) is 26.3 Å². The smallest absolute Gasteiger partial charge is 0.408 e. The van der Waals surface area contributed by atoms with Crippen LogP contribution in [0.25, 0.3) is 11.0 Å². The Labute approximate surface area is 265 Å². The van der Waals surface area contributed by atoms with Crippen LogP contribution >= 0.6 is 12.4 Å². The fourth-order valence-corrected chi connectivity index (χ4v) is 3.95. The lowest BCUT2D eigenvalue weighted by Crippen LogP contribution is -2.52. The van der Waals surface area contributed by atoms with Crippen LogP contribution in [0.1, 0.15) is 52.0 Å². The molecule has 0 spiro atoms. The van der Waals surface area contributed by atoms with Crippen LogP contribution in [0.2, 0.25) is 0 Å². The lowest BCUT2D eigenvalue weighted by atomic mass is 10.1. The Hall–Kier alpha value is -4.86. The molecule has 16 nitrogen and oxygen atoms in total. The molecule has 0 fully saturated rings. The van der Waals surface area contributed by atoms with E-state index in [1.165, 1.54) is 12.1 Å². The van der Waals surface area contributed by atoms with Crippen molar-refractivity contribution in [3.63, 3.8) is 0 Å². The Morgan fingerprint density at radius 3 is 2.27 bits per heavy atom. The van der Waals surface area contributed by atoms with Gasteiger partial charge in [0.1, 0.15) is 23.3 Å². The van der Waals surface area contributed by atoms with Crippen molar-refractivity contribution in [3.8, 4) is 0 Å². The van der Waals surface area contributed by atoms with Gasteiger partial charge in [-0.05, 0) is 64.7 Å². The van der Waals surface area contributed by atoms with Gasteiger partial charge >= 0.3 is 11.7 Å². The van der Waals surface area contributed by atoms with E-state index in [9.17, 15) is 28.8 Å². The molecule has 0 bridgehead atoms. The summed E-state index contributed by atoms with van der Waals surface area (Å²) in [5.41, 5.74) is 15.8. The number of guanidine groups is 1. The number of primary amides is 1. The minimum atomic E-state index is -1.22. The number of halogens is 1. The standard InChI is InChI=1S/C28H40N8O8.ClH/c1-15-12-23(39)43-20-13-16(7-8-17(15)20)34-25(41)18(6-5-11-32-26(30)31)35-22(38)14-33-24(40)19(9-10-21(29)37)36-27(42)44-28(2,3)4;/h7-8,12-13,18-19H,5-6,9-11,14H2,1-4H3,(H2,29,37)(H,33,40)(H,34,41)(H,35,38)(H,36,42)(H4,30,31,32);1H/t18-,19-;/m0./s1. The first-order valence-electron chi connectivity index (χ1n) is 13.8. The van der Waals surface area contributed by atoms with E-state index in [-0.39, 0.29) is 49.8 Å². The SMILES string of the molecule is Cc1cc(=O)oc2cc(NC(=O)[C@H](CCCN=C(N)N)NC(=O)CNC(=O)[C@H](CCC(N)=O)NC(=O)OC(C)(C)C)ccc12.Cl. The molecule has 0 aliphatic heterocycles. The molecule has 1 aromatic carbocycles. The topological polar surface area (TPSA) is 263 Å². The van der Waals surface area contributed by atoms with Gasteiger partial charge in [0.25, 0.3) is 0 Å². The number of carbonyl (C=O) groups is 5. The number of benzene rings is 1. The monoisotopic (exact) mass is 652 g/mol. The van der Waals surface area contributed by atoms with Crippen LogP contribution in [-0.4, -0.2) is 66.5 Å². The van der Waals surface area contributed by atoms with Crippen molar-refractivity contribution in [2.75, 3.05) is 18.4 Å². The number of ether oxygens (including phenoxy) is 1. The van der Waals surface area contributed by atoms with Gasteiger partial charge < -0.3 is 47.6 Å². The van der Waals surface area contributed by atoms with E-state index in [1.807, 2.05) is 0 Å². The first kappa shape index (κ1) is 38.2. The van der Waals surface area contributed by atoms with Crippen LogP contribution in [0.3, 0.4) is 0 Å². The van der Waals surface area contributed by atoms with Crippen molar-refractivity contribution in [2.45, 2.75) is 71.1 Å². The molecule has 10 N–H and O–H groups in total. The third-order valence-corrected chi connectivity index (χ3v) is 5.93. The predicted molar refractivity (Wildman–Crippen MR) is 170 cm³/mol. The molecule has 0 radical (unpaired) electrons. The molecule has 0 saturated heterocycles. The molecule has 0 saturated carbocycles. The number of nitrogens with one attached hydrogen (secondary N) is 4. The van der Waals surface area contributed by atoms with Crippen molar-refractivity contribution in [3.05, 3.63) is 40.2 Å². The van der Waals surface area contributed by atoms with E-state index in [0.29, 0.717) is 23.1 Å². The highest BCUT2D eigenvalue weighted by Gasteiger charge is 2.26. The molecule has 2 rings (SSSR count). The van der Waals surface area contributed by atoms with Crippen LogP contribution in [-0.2, 0) is 23.9 Å². The molecule has 5 amide bonds. The maximum absolute atomic E-state index is 13.2. The summed E-state index contributed by atoms with van der Waals surface area (Å²) in [6.07, 6.45) is -0.791. The van der Waals surface area contributed by atoms with Gasteiger partial charge in [0.2, 0.25) is 23.6 Å². The average molecular weight is 653 g/mol. The highest BCUT2D eigenvalue weighted by molar-refractivity contribution is 5.99. The minimum Gasteiger partial charge on any atom is -0.444 e. The summed E-state index contributed by atoms with van der Waals surface area (Å²) in [7, 11) is 0. The lowest BCUT2D eigenvalue weighted by Gasteiger charge is -2.23. The summed E-state index contributed by atoms with van der Waals surface area (Å²) in [6.45, 7) is 6.30. The van der Waals surface area contributed by atoms with Gasteiger partial charge in [-0.1, -0.05) is 0 Å². The van der Waals surface area contributed by atoms with Crippen molar-refractivity contribution in [1.29, 1.82) is 0 Å². The molecule has 17 heteroatoms. The number of hydrogen-bond donors (Lipinski definition) is 7. The van der Waals surface area contributed by atoms with E-state index in [0.717, 1.165) is 0 Å². The molecular weight excluding hydrogens is 612 g/mol. The second-order valence-electron chi connectivity index (χ2n) is 10.9. The van der Waals surface area contributed by atoms with E-state index >= 15 is 0 Å². The maximum atomic E-state index is 13.2. The van der Waals surface area contributed by atoms with Gasteiger partial charge in [-0.3, -0.25) is 24.2 Å². The average Bonchev–Trinajstić information content (AvgIpc) is 2.89. The molecule has 1 aromatic heterocycles. The molecule has 248 valence electrons. The molecular formula is C28H41ClN8O8. The Morgan fingerprint density at radius 2 is 1.64 bits per heavy atom. The number of alkyl carbamates (subject to hydrolysis) is 1. The fraction of sp³-hybridized carbons (Fsp3) is 0.464. The van der Waals surface area contributed by atoms with Gasteiger partial charge in [0.15, 0.2) is 5.96 Å². The number of aryl methyl sites for hydroxylation is 1. The van der Waals surface area contributed by atoms with Gasteiger partial charge in [0.05, 0.1) is 6.54 Å². The highest BCUT2D eigenvalue weighted by atomic mass is 35.5. The van der Waals surface area contributed by atoms with Crippen LogP contribution in [0.5, 0.6) is 0 Å². The number of carbonyl (C=O) groups excluding carboxylic acids is 5. The van der Waals surface area contributed by atoms with Crippen molar-refractivity contribution >= 4 is 64.7 Å². The van der Waals surface area contributed by atoms with Gasteiger partial charge in [-0.2, -0.15) is 0 Å². The fourth-order valence-electron chi connectivity index (χ4n) is 3.95. The molecule has 45 heavy (non-hydrogen) atoms. The van der Waals surface area contributed by atoms with Crippen LogP contribution < -0.4 is 44.1 Å². The summed E-state index contributed by atoms with van der Waals surface area (Å²) in [6, 6.07) is 3.86. The van der Waals surface area contributed by atoms with Gasteiger partial charge in [0, 0.05) is 36.2 Å². The molecule has 2 atom stereocenters. The zero-order valence-electron chi connectivity index (χ0n) is 25.6. The van der Waals surface area contributed by atoms with E-state index < -0.39 is 59.6 Å². The third-order valence-electron chi connectivity index (χ3n) is 5.93. The van der Waals surface area contributed by atoms with Crippen LogP contribution in [0.4, 0.5) is 10.5 Å². The zero-order chi connectivity index (χ0) is 33.0. The number of nitrogens with zero attached hydrogens (tertiary/aromatic N) is 1. The number of rotatable bonds is 14. The Balaban J connectivity index is 0.0000101.